The van der Waals surface area contributed by atoms with Crippen LogP contribution in [0.2, 0.25) is 5.02 Å². The van der Waals surface area contributed by atoms with Gasteiger partial charge in [0.05, 0.1) is 6.07 Å². The molecule has 2 aromatic rings. The fourth-order valence-electron chi connectivity index (χ4n) is 1.78. The largest absolute Gasteiger partial charge is 0.292 e. The average Bonchev–Trinajstić information content (AvgIpc) is 2.39. The fraction of sp³-hybridized carbons (Fsp3) is 0.0667. The summed E-state index contributed by atoms with van der Waals surface area (Å²) in [6.07, 6.45) is 0. The Hall–Kier alpha value is -1.63. The number of Topliss-reactive ketones (excluding diaryl/α,β-unsaturated/α-hetero) is 1. The van der Waals surface area contributed by atoms with Crippen molar-refractivity contribution in [3.63, 3.8) is 0 Å². The van der Waals surface area contributed by atoms with Crippen molar-refractivity contribution in [2.24, 2.45) is 0 Å². The first-order chi connectivity index (χ1) is 9.11. The summed E-state index contributed by atoms with van der Waals surface area (Å²) < 4.78 is 0.807. The molecule has 1 unspecified atom stereocenters. The van der Waals surface area contributed by atoms with Crippen LogP contribution in [0.15, 0.2) is 53.0 Å². The molecule has 0 fully saturated rings. The zero-order valence-corrected chi connectivity index (χ0v) is 12.1. The summed E-state index contributed by atoms with van der Waals surface area (Å²) in [6.45, 7) is 0. The molecule has 4 heteroatoms. The van der Waals surface area contributed by atoms with Crippen LogP contribution in [-0.4, -0.2) is 5.78 Å². The number of nitriles is 1. The highest BCUT2D eigenvalue weighted by Crippen LogP contribution is 2.24. The van der Waals surface area contributed by atoms with Gasteiger partial charge in [0.1, 0.15) is 5.92 Å². The molecule has 1 atom stereocenters. The number of hydrogen-bond acceptors (Lipinski definition) is 2. The van der Waals surface area contributed by atoms with Crippen LogP contribution in [0, 0.1) is 11.3 Å². The van der Waals surface area contributed by atoms with E-state index >= 15 is 0 Å². The summed E-state index contributed by atoms with van der Waals surface area (Å²) in [5.41, 5.74) is 1.11. The van der Waals surface area contributed by atoms with Crippen LogP contribution in [0.5, 0.6) is 0 Å². The molecular formula is C15H9BrClNO. The molecule has 0 N–H and O–H groups in total. The molecule has 0 saturated carbocycles. The van der Waals surface area contributed by atoms with Crippen molar-refractivity contribution in [1.29, 1.82) is 5.26 Å². The topological polar surface area (TPSA) is 40.9 Å². The van der Waals surface area contributed by atoms with Gasteiger partial charge in [0, 0.05) is 15.1 Å². The molecule has 2 rings (SSSR count). The van der Waals surface area contributed by atoms with Crippen molar-refractivity contribution in [2.75, 3.05) is 0 Å². The van der Waals surface area contributed by atoms with Gasteiger partial charge in [-0.05, 0) is 29.8 Å². The minimum absolute atomic E-state index is 0.230. The van der Waals surface area contributed by atoms with Crippen LogP contribution >= 0.6 is 27.5 Å². The molecule has 0 saturated heterocycles. The highest BCUT2D eigenvalue weighted by Gasteiger charge is 2.22. The van der Waals surface area contributed by atoms with Crippen LogP contribution in [0.25, 0.3) is 0 Å². The zero-order valence-electron chi connectivity index (χ0n) is 9.81. The molecule has 0 amide bonds. The molecule has 0 aliphatic carbocycles. The summed E-state index contributed by atoms with van der Waals surface area (Å²) in [4.78, 5) is 12.4. The lowest BCUT2D eigenvalue weighted by molar-refractivity contribution is 0.0979. The van der Waals surface area contributed by atoms with Gasteiger partial charge in [0.2, 0.25) is 0 Å². The Balaban J connectivity index is 2.38. The SMILES string of the molecule is N#CC(C(=O)c1cccc(Br)c1)c1cccc(Cl)c1. The molecule has 0 aromatic heterocycles. The van der Waals surface area contributed by atoms with Crippen LogP contribution in [0.4, 0.5) is 0 Å². The van der Waals surface area contributed by atoms with Crippen molar-refractivity contribution in [1.82, 2.24) is 0 Å². The van der Waals surface area contributed by atoms with Gasteiger partial charge in [-0.2, -0.15) is 5.26 Å². The second-order valence-electron chi connectivity index (χ2n) is 3.99. The monoisotopic (exact) mass is 333 g/mol. The molecule has 2 aromatic carbocycles. The van der Waals surface area contributed by atoms with E-state index in [1.54, 1.807) is 42.5 Å². The Morgan fingerprint density at radius 1 is 1.21 bits per heavy atom. The maximum absolute atomic E-state index is 12.4. The second-order valence-corrected chi connectivity index (χ2v) is 5.34. The average molecular weight is 335 g/mol. The summed E-state index contributed by atoms with van der Waals surface area (Å²) in [7, 11) is 0. The van der Waals surface area contributed by atoms with E-state index in [-0.39, 0.29) is 5.78 Å². The zero-order chi connectivity index (χ0) is 13.8. The highest BCUT2D eigenvalue weighted by atomic mass is 79.9. The molecule has 19 heavy (non-hydrogen) atoms. The van der Waals surface area contributed by atoms with Crippen molar-refractivity contribution in [2.45, 2.75) is 5.92 Å². The van der Waals surface area contributed by atoms with E-state index in [2.05, 4.69) is 15.9 Å². The van der Waals surface area contributed by atoms with Gasteiger partial charge in [0.15, 0.2) is 5.78 Å². The smallest absolute Gasteiger partial charge is 0.184 e. The third kappa shape index (κ3) is 3.23. The van der Waals surface area contributed by atoms with Gasteiger partial charge in [-0.1, -0.05) is 51.8 Å². The number of carbonyl (C=O) groups excluding carboxylic acids is 1. The molecule has 0 bridgehead atoms. The predicted molar refractivity (Wildman–Crippen MR) is 78.3 cm³/mol. The molecule has 0 spiro atoms. The van der Waals surface area contributed by atoms with Crippen LogP contribution < -0.4 is 0 Å². The quantitative estimate of drug-likeness (QED) is 0.770. The van der Waals surface area contributed by atoms with Crippen LogP contribution in [0.3, 0.4) is 0 Å². The summed E-state index contributed by atoms with van der Waals surface area (Å²) >= 11 is 9.21. The number of benzene rings is 2. The van der Waals surface area contributed by atoms with Gasteiger partial charge in [-0.15, -0.1) is 0 Å². The van der Waals surface area contributed by atoms with E-state index in [9.17, 15) is 10.1 Å². The number of halogens is 2. The first-order valence-corrected chi connectivity index (χ1v) is 6.74. The van der Waals surface area contributed by atoms with E-state index in [1.807, 2.05) is 12.1 Å². The van der Waals surface area contributed by atoms with Gasteiger partial charge in [-0.25, -0.2) is 0 Å². The number of nitrogens with zero attached hydrogens (tertiary/aromatic N) is 1. The third-order valence-corrected chi connectivity index (χ3v) is 3.41. The van der Waals surface area contributed by atoms with Crippen molar-refractivity contribution in [3.8, 4) is 6.07 Å². The molecule has 0 aliphatic rings. The van der Waals surface area contributed by atoms with E-state index in [4.69, 9.17) is 11.6 Å². The minimum atomic E-state index is -0.840. The van der Waals surface area contributed by atoms with Crippen molar-refractivity contribution in [3.05, 3.63) is 69.2 Å². The lowest BCUT2D eigenvalue weighted by atomic mass is 9.92. The Kier molecular flexibility index (Phi) is 4.36. The lowest BCUT2D eigenvalue weighted by Gasteiger charge is -2.09. The minimum Gasteiger partial charge on any atom is -0.292 e. The van der Waals surface area contributed by atoms with Crippen LogP contribution in [0.1, 0.15) is 21.8 Å². The Bertz CT molecular complexity index is 663. The standard InChI is InChI=1S/C15H9BrClNO/c16-12-5-1-4-11(7-12)15(19)14(9-18)10-3-2-6-13(17)8-10/h1-8,14H. The maximum Gasteiger partial charge on any atom is 0.184 e. The summed E-state index contributed by atoms with van der Waals surface area (Å²) in [5, 5.41) is 9.76. The molecule has 0 heterocycles. The maximum atomic E-state index is 12.4. The normalized spacial score (nSPS) is 11.6. The number of rotatable bonds is 3. The van der Waals surface area contributed by atoms with Gasteiger partial charge >= 0.3 is 0 Å². The fourth-order valence-corrected chi connectivity index (χ4v) is 2.38. The van der Waals surface area contributed by atoms with E-state index in [0.29, 0.717) is 16.1 Å². The van der Waals surface area contributed by atoms with Crippen molar-refractivity contribution >= 4 is 33.3 Å². The Morgan fingerprint density at radius 2 is 1.95 bits per heavy atom. The Morgan fingerprint density at radius 3 is 2.58 bits per heavy atom. The summed E-state index contributed by atoms with van der Waals surface area (Å²) in [5.74, 6) is -1.07. The Labute approximate surface area is 124 Å². The first-order valence-electron chi connectivity index (χ1n) is 5.56. The van der Waals surface area contributed by atoms with Crippen LogP contribution in [-0.2, 0) is 0 Å². The van der Waals surface area contributed by atoms with E-state index in [1.165, 1.54) is 0 Å². The predicted octanol–water partition coefficient (Wildman–Crippen LogP) is 4.59. The van der Waals surface area contributed by atoms with E-state index < -0.39 is 5.92 Å². The third-order valence-electron chi connectivity index (χ3n) is 2.68. The van der Waals surface area contributed by atoms with E-state index in [0.717, 1.165) is 4.47 Å². The molecule has 0 radical (unpaired) electrons. The molecule has 2 nitrogen and oxygen atoms in total. The van der Waals surface area contributed by atoms with Crippen molar-refractivity contribution < 1.29 is 4.79 Å². The molecule has 0 aliphatic heterocycles. The lowest BCUT2D eigenvalue weighted by Crippen LogP contribution is -2.11. The first kappa shape index (κ1) is 13.8. The molecule has 94 valence electrons. The molecular weight excluding hydrogens is 326 g/mol. The number of ketones is 1. The number of hydrogen-bond donors (Lipinski definition) is 0. The summed E-state index contributed by atoms with van der Waals surface area (Å²) in [6, 6.07) is 15.9. The van der Waals surface area contributed by atoms with Gasteiger partial charge in [-0.3, -0.25) is 4.79 Å². The second kappa shape index (κ2) is 6.01. The van der Waals surface area contributed by atoms with Gasteiger partial charge in [0.25, 0.3) is 0 Å². The highest BCUT2D eigenvalue weighted by molar-refractivity contribution is 9.10. The number of carbonyl (C=O) groups is 1. The van der Waals surface area contributed by atoms with Gasteiger partial charge < -0.3 is 0 Å².